The van der Waals surface area contributed by atoms with E-state index in [0.29, 0.717) is 5.75 Å². The van der Waals surface area contributed by atoms with E-state index in [4.69, 9.17) is 14.3 Å². The van der Waals surface area contributed by atoms with Gasteiger partial charge in [0.1, 0.15) is 5.75 Å². The van der Waals surface area contributed by atoms with E-state index >= 15 is 0 Å². The van der Waals surface area contributed by atoms with E-state index in [9.17, 15) is 0 Å². The molecule has 2 rings (SSSR count). The van der Waals surface area contributed by atoms with E-state index < -0.39 is 8.60 Å². The van der Waals surface area contributed by atoms with Crippen LogP contribution in [0.5, 0.6) is 5.75 Å². The summed E-state index contributed by atoms with van der Waals surface area (Å²) in [5.41, 5.74) is 6.72. The lowest BCUT2D eigenvalue weighted by atomic mass is 9.93. The van der Waals surface area contributed by atoms with E-state index in [0.717, 1.165) is 16.7 Å². The zero-order chi connectivity index (χ0) is 14.9. The van der Waals surface area contributed by atoms with Crippen LogP contribution >= 0.6 is 8.60 Å². The summed E-state index contributed by atoms with van der Waals surface area (Å²) in [6.45, 7) is 8.25. The predicted octanol–water partition coefficient (Wildman–Crippen LogP) is 4.18. The molecule has 0 aliphatic rings. The van der Waals surface area contributed by atoms with Crippen molar-refractivity contribution in [3.8, 4) is 16.9 Å². The maximum Gasteiger partial charge on any atom is 0.391 e. The lowest BCUT2D eigenvalue weighted by Gasteiger charge is -2.16. The largest absolute Gasteiger partial charge is 0.426 e. The Morgan fingerprint density at radius 1 is 0.850 bits per heavy atom. The standard InChI is InChI=1S/C16H19O3P/c1-10-5-8-16(19-20(17)18)15(9-10)14-7-6-11(2)12(3)13(14)4/h5-9,17-18H,1-4H3. The monoisotopic (exact) mass is 290 g/mol. The van der Waals surface area contributed by atoms with E-state index in [1.165, 1.54) is 16.7 Å². The van der Waals surface area contributed by atoms with Crippen LogP contribution in [0, 0.1) is 27.7 Å². The molecule has 0 saturated carbocycles. The van der Waals surface area contributed by atoms with E-state index in [-0.39, 0.29) is 0 Å². The Kier molecular flexibility index (Phi) is 4.44. The summed E-state index contributed by atoms with van der Waals surface area (Å²) in [6, 6.07) is 9.81. The van der Waals surface area contributed by atoms with Crippen molar-refractivity contribution in [2.75, 3.05) is 0 Å². The van der Waals surface area contributed by atoms with E-state index in [1.54, 1.807) is 6.07 Å². The third kappa shape index (κ3) is 3.01. The molecule has 2 aromatic carbocycles. The van der Waals surface area contributed by atoms with Crippen LogP contribution < -0.4 is 4.52 Å². The second-order valence-corrected chi connectivity index (χ2v) is 5.71. The van der Waals surface area contributed by atoms with Crippen molar-refractivity contribution in [2.45, 2.75) is 27.7 Å². The molecule has 20 heavy (non-hydrogen) atoms. The Morgan fingerprint density at radius 3 is 2.20 bits per heavy atom. The first kappa shape index (κ1) is 15.0. The predicted molar refractivity (Wildman–Crippen MR) is 82.8 cm³/mol. The van der Waals surface area contributed by atoms with E-state index in [2.05, 4.69) is 32.9 Å². The Bertz CT molecular complexity index is 636. The maximum absolute atomic E-state index is 9.11. The second-order valence-electron chi connectivity index (χ2n) is 5.02. The van der Waals surface area contributed by atoms with Crippen molar-refractivity contribution in [3.05, 3.63) is 52.6 Å². The van der Waals surface area contributed by atoms with Gasteiger partial charge in [-0.3, -0.25) is 0 Å². The third-order valence-electron chi connectivity index (χ3n) is 3.66. The fraction of sp³-hybridized carbons (Fsp3) is 0.250. The van der Waals surface area contributed by atoms with Crippen LogP contribution in [0.15, 0.2) is 30.3 Å². The molecule has 0 spiro atoms. The Labute approximate surface area is 120 Å². The van der Waals surface area contributed by atoms with Gasteiger partial charge in [0.2, 0.25) is 0 Å². The smallest absolute Gasteiger partial charge is 0.391 e. The molecule has 0 aromatic heterocycles. The van der Waals surface area contributed by atoms with Crippen LogP contribution in [0.25, 0.3) is 11.1 Å². The van der Waals surface area contributed by atoms with Crippen molar-refractivity contribution < 1.29 is 14.3 Å². The van der Waals surface area contributed by atoms with Crippen molar-refractivity contribution in [1.82, 2.24) is 0 Å². The minimum atomic E-state index is -2.42. The fourth-order valence-corrected chi connectivity index (χ4v) is 2.60. The first-order valence-electron chi connectivity index (χ1n) is 6.44. The van der Waals surface area contributed by atoms with Gasteiger partial charge in [-0.25, -0.2) is 0 Å². The molecule has 0 aliphatic heterocycles. The summed E-state index contributed by atoms with van der Waals surface area (Å²) >= 11 is 0. The number of hydrogen-bond donors (Lipinski definition) is 2. The van der Waals surface area contributed by atoms with Gasteiger partial charge >= 0.3 is 8.60 Å². The molecular weight excluding hydrogens is 271 g/mol. The zero-order valence-corrected chi connectivity index (χ0v) is 13.0. The molecule has 2 aromatic rings. The summed E-state index contributed by atoms with van der Waals surface area (Å²) in [4.78, 5) is 18.2. The SMILES string of the molecule is Cc1ccc(OP(O)O)c(-c2ccc(C)c(C)c2C)c1. The molecule has 0 saturated heterocycles. The highest BCUT2D eigenvalue weighted by Crippen LogP contribution is 2.39. The Balaban J connectivity index is 2.62. The van der Waals surface area contributed by atoms with Crippen LogP contribution in [0.1, 0.15) is 22.3 Å². The van der Waals surface area contributed by atoms with Gasteiger partial charge in [0.25, 0.3) is 0 Å². The minimum Gasteiger partial charge on any atom is -0.426 e. The molecular formula is C16H19O3P. The highest BCUT2D eigenvalue weighted by Gasteiger charge is 2.14. The first-order chi connectivity index (χ1) is 9.40. The van der Waals surface area contributed by atoms with Crippen molar-refractivity contribution in [2.24, 2.45) is 0 Å². The van der Waals surface area contributed by atoms with Gasteiger partial charge in [0.05, 0.1) is 0 Å². The first-order valence-corrected chi connectivity index (χ1v) is 7.60. The van der Waals surface area contributed by atoms with Crippen LogP contribution in [0.2, 0.25) is 0 Å². The van der Waals surface area contributed by atoms with Crippen LogP contribution in [0.3, 0.4) is 0 Å². The molecule has 0 amide bonds. The molecule has 0 atom stereocenters. The van der Waals surface area contributed by atoms with Gasteiger partial charge in [-0.05, 0) is 62.1 Å². The summed E-state index contributed by atoms with van der Waals surface area (Å²) in [7, 11) is -2.42. The van der Waals surface area contributed by atoms with E-state index in [1.807, 2.05) is 19.1 Å². The second kappa shape index (κ2) is 5.92. The summed E-state index contributed by atoms with van der Waals surface area (Å²) in [5.74, 6) is 0.498. The molecule has 0 bridgehead atoms. The average Bonchev–Trinajstić information content (AvgIpc) is 2.38. The highest BCUT2D eigenvalue weighted by molar-refractivity contribution is 7.39. The quantitative estimate of drug-likeness (QED) is 0.834. The Morgan fingerprint density at radius 2 is 1.55 bits per heavy atom. The lowest BCUT2D eigenvalue weighted by Crippen LogP contribution is -1.94. The van der Waals surface area contributed by atoms with Crippen molar-refractivity contribution in [3.63, 3.8) is 0 Å². The number of benzene rings is 2. The highest BCUT2D eigenvalue weighted by atomic mass is 31.2. The molecule has 0 aliphatic carbocycles. The minimum absolute atomic E-state index is 0.498. The average molecular weight is 290 g/mol. The maximum atomic E-state index is 9.11. The fourth-order valence-electron chi connectivity index (χ4n) is 2.27. The van der Waals surface area contributed by atoms with Gasteiger partial charge in [-0.1, -0.05) is 23.8 Å². The van der Waals surface area contributed by atoms with Gasteiger partial charge in [-0.15, -0.1) is 0 Å². The molecule has 0 unspecified atom stereocenters. The lowest BCUT2D eigenvalue weighted by molar-refractivity contribution is 0.375. The van der Waals surface area contributed by atoms with Gasteiger partial charge in [0, 0.05) is 5.56 Å². The molecule has 3 nitrogen and oxygen atoms in total. The molecule has 0 heterocycles. The normalized spacial score (nSPS) is 10.9. The van der Waals surface area contributed by atoms with Crippen LogP contribution in [-0.2, 0) is 0 Å². The van der Waals surface area contributed by atoms with Crippen LogP contribution in [0.4, 0.5) is 0 Å². The van der Waals surface area contributed by atoms with Crippen molar-refractivity contribution in [1.29, 1.82) is 0 Å². The third-order valence-corrected chi connectivity index (χ3v) is 4.02. The topological polar surface area (TPSA) is 49.7 Å². The van der Waals surface area contributed by atoms with Gasteiger partial charge < -0.3 is 14.3 Å². The van der Waals surface area contributed by atoms with Crippen LogP contribution in [-0.4, -0.2) is 9.79 Å². The number of rotatable bonds is 3. The molecule has 4 heteroatoms. The van der Waals surface area contributed by atoms with Gasteiger partial charge in [-0.2, -0.15) is 0 Å². The summed E-state index contributed by atoms with van der Waals surface area (Å²) < 4.78 is 5.16. The molecule has 2 N–H and O–H groups in total. The molecule has 0 fully saturated rings. The number of hydrogen-bond acceptors (Lipinski definition) is 3. The summed E-state index contributed by atoms with van der Waals surface area (Å²) in [6.07, 6.45) is 0. The zero-order valence-electron chi connectivity index (χ0n) is 12.1. The van der Waals surface area contributed by atoms with Gasteiger partial charge in [0.15, 0.2) is 0 Å². The molecule has 106 valence electrons. The summed E-state index contributed by atoms with van der Waals surface area (Å²) in [5, 5.41) is 0. The Hall–Kier alpha value is -1.41. The number of aryl methyl sites for hydroxylation is 2. The van der Waals surface area contributed by atoms with Crippen molar-refractivity contribution >= 4 is 8.60 Å². The molecule has 0 radical (unpaired) electrons.